The van der Waals surface area contributed by atoms with Gasteiger partial charge in [-0.2, -0.15) is 9.78 Å². The van der Waals surface area contributed by atoms with E-state index in [-0.39, 0.29) is 11.4 Å². The number of hydrogen-bond donors (Lipinski definition) is 2. The molecule has 156 valence electrons. The van der Waals surface area contributed by atoms with Crippen molar-refractivity contribution >= 4 is 17.5 Å². The van der Waals surface area contributed by atoms with Crippen LogP contribution >= 0.6 is 11.6 Å². The number of nitrogens with one attached hydrogen (secondary N) is 1. The summed E-state index contributed by atoms with van der Waals surface area (Å²) in [6.45, 7) is -0.755. The molecule has 0 radical (unpaired) electrons. The molecule has 3 rings (SSSR count). The van der Waals surface area contributed by atoms with E-state index >= 15 is 0 Å². The predicted octanol–water partition coefficient (Wildman–Crippen LogP) is 3.05. The number of halogens is 4. The van der Waals surface area contributed by atoms with Gasteiger partial charge < -0.3 is 10.4 Å². The lowest BCUT2D eigenvalue weighted by molar-refractivity contribution is -0.00271. The van der Waals surface area contributed by atoms with Crippen LogP contribution in [0.2, 0.25) is 5.02 Å². The van der Waals surface area contributed by atoms with Crippen LogP contribution in [0.4, 0.5) is 13.2 Å². The molecule has 0 aliphatic heterocycles. The minimum atomic E-state index is -3.06. The highest BCUT2D eigenvalue weighted by Gasteiger charge is 2.21. The van der Waals surface area contributed by atoms with Gasteiger partial charge in [0.15, 0.2) is 0 Å². The highest BCUT2D eigenvalue weighted by molar-refractivity contribution is 6.30. The summed E-state index contributed by atoms with van der Waals surface area (Å²) >= 11 is 5.88. The number of carbonyl (C=O) groups excluding carboxylic acids is 1. The van der Waals surface area contributed by atoms with E-state index < -0.39 is 41.9 Å². The first-order valence-corrected chi connectivity index (χ1v) is 9.04. The Labute approximate surface area is 173 Å². The van der Waals surface area contributed by atoms with Gasteiger partial charge in [0.05, 0.1) is 11.4 Å². The molecule has 3 aromatic rings. The first-order valence-electron chi connectivity index (χ1n) is 8.67. The van der Waals surface area contributed by atoms with E-state index in [4.69, 9.17) is 11.6 Å². The Bertz CT molecular complexity index is 1120. The molecule has 0 saturated heterocycles. The first-order chi connectivity index (χ1) is 14.3. The average Bonchev–Trinajstić information content (AvgIpc) is 2.72. The number of hydrogen-bond acceptors (Lipinski definition) is 4. The molecule has 1 aromatic heterocycles. The van der Waals surface area contributed by atoms with Crippen molar-refractivity contribution in [1.29, 1.82) is 0 Å². The molecule has 1 heterocycles. The fraction of sp³-hybridized carbons (Fsp3) is 0.150. The summed E-state index contributed by atoms with van der Waals surface area (Å²) in [4.78, 5) is 25.3. The van der Waals surface area contributed by atoms with E-state index in [1.807, 2.05) is 0 Å². The van der Waals surface area contributed by atoms with E-state index in [9.17, 15) is 27.9 Å². The van der Waals surface area contributed by atoms with Gasteiger partial charge in [-0.1, -0.05) is 29.8 Å². The Morgan fingerprint density at radius 3 is 2.50 bits per heavy atom. The molecule has 10 heteroatoms. The standard InChI is InChI=1S/C20H15ClF3N3O3/c21-12-6-4-11(5-7-12)16-9-15(19(29)25-10-17(28)18(23)24)20(30)27(26-16)14-3-1-2-13(22)8-14/h1-9,17-18,28H,10H2,(H,25,29). The van der Waals surface area contributed by atoms with E-state index in [1.165, 1.54) is 24.3 Å². The van der Waals surface area contributed by atoms with Crippen molar-refractivity contribution in [1.82, 2.24) is 15.1 Å². The second kappa shape index (κ2) is 9.10. The largest absolute Gasteiger partial charge is 0.385 e. The van der Waals surface area contributed by atoms with Crippen LogP contribution in [0.15, 0.2) is 59.4 Å². The summed E-state index contributed by atoms with van der Waals surface area (Å²) < 4.78 is 39.5. The van der Waals surface area contributed by atoms with E-state index in [2.05, 4.69) is 10.4 Å². The second-order valence-corrected chi connectivity index (χ2v) is 6.70. The van der Waals surface area contributed by atoms with Crippen molar-refractivity contribution in [3.63, 3.8) is 0 Å². The van der Waals surface area contributed by atoms with Gasteiger partial charge in [0.2, 0.25) is 0 Å². The van der Waals surface area contributed by atoms with Crippen LogP contribution in [0.1, 0.15) is 10.4 Å². The summed E-state index contributed by atoms with van der Waals surface area (Å²) in [6.07, 6.45) is -5.15. The summed E-state index contributed by atoms with van der Waals surface area (Å²) in [5.74, 6) is -1.60. The Morgan fingerprint density at radius 1 is 1.17 bits per heavy atom. The van der Waals surface area contributed by atoms with Crippen LogP contribution in [0.5, 0.6) is 0 Å². The zero-order valence-corrected chi connectivity index (χ0v) is 16.0. The highest BCUT2D eigenvalue weighted by Crippen LogP contribution is 2.20. The predicted molar refractivity (Wildman–Crippen MR) is 105 cm³/mol. The number of aliphatic hydroxyl groups is 1. The number of benzene rings is 2. The van der Waals surface area contributed by atoms with Crippen molar-refractivity contribution < 1.29 is 23.1 Å². The summed E-state index contributed by atoms with van der Waals surface area (Å²) in [5.41, 5.74) is -0.540. The number of amides is 1. The molecule has 1 atom stereocenters. The number of aromatic nitrogens is 2. The van der Waals surface area contributed by atoms with Gasteiger partial charge in [0.25, 0.3) is 17.9 Å². The third-order valence-corrected chi connectivity index (χ3v) is 4.36. The molecule has 0 spiro atoms. The number of nitrogens with zero attached hydrogens (tertiary/aromatic N) is 2. The Hall–Kier alpha value is -3.17. The molecule has 0 fully saturated rings. The lowest BCUT2D eigenvalue weighted by atomic mass is 10.1. The van der Waals surface area contributed by atoms with Crippen LogP contribution in [-0.4, -0.2) is 39.9 Å². The highest BCUT2D eigenvalue weighted by atomic mass is 35.5. The summed E-state index contributed by atoms with van der Waals surface area (Å²) in [5, 5.41) is 15.9. The third kappa shape index (κ3) is 4.87. The minimum absolute atomic E-state index is 0.0671. The molecule has 0 aliphatic rings. The minimum Gasteiger partial charge on any atom is -0.385 e. The Morgan fingerprint density at radius 2 is 1.87 bits per heavy atom. The Balaban J connectivity index is 2.10. The lowest BCUT2D eigenvalue weighted by Gasteiger charge is -2.13. The van der Waals surface area contributed by atoms with Gasteiger partial charge in [0.1, 0.15) is 17.5 Å². The molecule has 2 aromatic carbocycles. The van der Waals surface area contributed by atoms with Crippen molar-refractivity contribution in [2.24, 2.45) is 0 Å². The monoisotopic (exact) mass is 437 g/mol. The molecule has 0 bridgehead atoms. The topological polar surface area (TPSA) is 84.2 Å². The second-order valence-electron chi connectivity index (χ2n) is 6.26. The van der Waals surface area contributed by atoms with Gasteiger partial charge in [-0.15, -0.1) is 0 Å². The number of carbonyl (C=O) groups is 1. The van der Waals surface area contributed by atoms with Crippen LogP contribution in [0.3, 0.4) is 0 Å². The van der Waals surface area contributed by atoms with Gasteiger partial charge in [-0.3, -0.25) is 9.59 Å². The first kappa shape index (κ1) is 21.5. The SMILES string of the molecule is O=C(NCC(O)C(F)F)c1cc(-c2ccc(Cl)cc2)nn(-c2cccc(F)c2)c1=O. The summed E-state index contributed by atoms with van der Waals surface area (Å²) in [6, 6.07) is 12.6. The van der Waals surface area contributed by atoms with Crippen molar-refractivity contribution in [3.8, 4) is 16.9 Å². The van der Waals surface area contributed by atoms with Gasteiger partial charge in [-0.05, 0) is 36.4 Å². The molecule has 1 unspecified atom stereocenters. The smallest absolute Gasteiger partial charge is 0.284 e. The van der Waals surface area contributed by atoms with Crippen LogP contribution in [-0.2, 0) is 0 Å². The maximum Gasteiger partial charge on any atom is 0.284 e. The van der Waals surface area contributed by atoms with Crippen molar-refractivity contribution in [2.75, 3.05) is 6.54 Å². The van der Waals surface area contributed by atoms with Gasteiger partial charge in [0, 0.05) is 17.1 Å². The maximum atomic E-state index is 13.7. The molecular weight excluding hydrogens is 423 g/mol. The van der Waals surface area contributed by atoms with E-state index in [0.717, 1.165) is 10.7 Å². The lowest BCUT2D eigenvalue weighted by Crippen LogP contribution is -2.39. The van der Waals surface area contributed by atoms with Crippen molar-refractivity contribution in [2.45, 2.75) is 12.5 Å². The Kier molecular flexibility index (Phi) is 6.53. The van der Waals surface area contributed by atoms with Crippen LogP contribution in [0, 0.1) is 5.82 Å². The fourth-order valence-electron chi connectivity index (χ4n) is 2.58. The number of aliphatic hydroxyl groups excluding tert-OH is 1. The number of rotatable bonds is 6. The molecule has 2 N–H and O–H groups in total. The molecular formula is C20H15ClF3N3O3. The summed E-state index contributed by atoms with van der Waals surface area (Å²) in [7, 11) is 0. The zero-order valence-electron chi connectivity index (χ0n) is 15.2. The van der Waals surface area contributed by atoms with Gasteiger partial charge in [-0.25, -0.2) is 13.2 Å². The van der Waals surface area contributed by atoms with E-state index in [1.54, 1.807) is 24.3 Å². The third-order valence-electron chi connectivity index (χ3n) is 4.11. The molecule has 6 nitrogen and oxygen atoms in total. The van der Waals surface area contributed by atoms with Crippen LogP contribution in [0.25, 0.3) is 16.9 Å². The van der Waals surface area contributed by atoms with Crippen molar-refractivity contribution in [3.05, 3.63) is 81.4 Å². The molecule has 0 aliphatic carbocycles. The maximum absolute atomic E-state index is 13.7. The normalized spacial score (nSPS) is 12.1. The number of alkyl halides is 2. The van der Waals surface area contributed by atoms with Gasteiger partial charge >= 0.3 is 0 Å². The van der Waals surface area contributed by atoms with E-state index in [0.29, 0.717) is 10.6 Å². The van der Waals surface area contributed by atoms with Crippen LogP contribution < -0.4 is 10.9 Å². The molecule has 30 heavy (non-hydrogen) atoms. The fourth-order valence-corrected chi connectivity index (χ4v) is 2.71. The average molecular weight is 438 g/mol. The molecule has 0 saturated carbocycles. The zero-order chi connectivity index (χ0) is 21.8. The quantitative estimate of drug-likeness (QED) is 0.621. The molecule has 1 amide bonds.